The number of hydrogen-bond acceptors (Lipinski definition) is 4. The molecule has 1 saturated carbocycles. The predicted molar refractivity (Wildman–Crippen MR) is 170 cm³/mol. The summed E-state index contributed by atoms with van der Waals surface area (Å²) in [6.07, 6.45) is 8.96. The number of anilines is 3. The normalized spacial score (nSPS) is 17.7. The third-order valence-electron chi connectivity index (χ3n) is 7.48. The summed E-state index contributed by atoms with van der Waals surface area (Å²) in [5.74, 6) is -0.815. The lowest BCUT2D eigenvalue weighted by atomic mass is 10.1. The van der Waals surface area contributed by atoms with Gasteiger partial charge in [-0.05, 0) is 85.3 Å². The van der Waals surface area contributed by atoms with Crippen LogP contribution >= 0.6 is 0 Å². The number of fused-ring (bicyclic) bond motifs is 1. The number of allylic oxidation sites excluding steroid dienone is 2. The van der Waals surface area contributed by atoms with Gasteiger partial charge in [0, 0.05) is 48.1 Å². The molecule has 0 aromatic heterocycles. The van der Waals surface area contributed by atoms with Gasteiger partial charge in [-0.1, -0.05) is 48.6 Å². The lowest BCUT2D eigenvalue weighted by molar-refractivity contribution is 0.0935. The largest absolute Gasteiger partial charge is 0.342 e. The number of benzene rings is 4. The van der Waals surface area contributed by atoms with Crippen molar-refractivity contribution in [3.63, 3.8) is 0 Å². The maximum Gasteiger partial charge on any atom is 0.255 e. The molecule has 6 rings (SSSR count). The van der Waals surface area contributed by atoms with Crippen molar-refractivity contribution in [3.8, 4) is 0 Å². The van der Waals surface area contributed by atoms with Crippen LogP contribution in [0.1, 0.15) is 50.7 Å². The maximum absolute atomic E-state index is 12.9. The summed E-state index contributed by atoms with van der Waals surface area (Å²) in [6.45, 7) is 0. The van der Waals surface area contributed by atoms with E-state index in [4.69, 9.17) is 0 Å². The van der Waals surface area contributed by atoms with Gasteiger partial charge in [0.15, 0.2) is 0 Å². The number of amides is 4. The lowest BCUT2D eigenvalue weighted by Gasteiger charge is -2.16. The summed E-state index contributed by atoms with van der Waals surface area (Å²) >= 11 is 0. The van der Waals surface area contributed by atoms with E-state index in [0.29, 0.717) is 45.2 Å². The molecule has 2 aliphatic rings. The van der Waals surface area contributed by atoms with Crippen LogP contribution in [-0.4, -0.2) is 29.2 Å². The number of hydrogen-bond donors (Lipinski definition) is 4. The van der Waals surface area contributed by atoms with Crippen molar-refractivity contribution in [3.05, 3.63) is 150 Å². The number of carbonyl (C=O) groups is 4. The Morgan fingerprint density at radius 2 is 1.02 bits per heavy atom. The molecule has 2 atom stereocenters. The summed E-state index contributed by atoms with van der Waals surface area (Å²) < 4.78 is 0. The summed E-state index contributed by atoms with van der Waals surface area (Å²) in [6, 6.07) is 28.7. The van der Waals surface area contributed by atoms with E-state index in [-0.39, 0.29) is 32.0 Å². The first-order valence-electron chi connectivity index (χ1n) is 13.9. The summed E-state index contributed by atoms with van der Waals surface area (Å²) in [5, 5.41) is 11.5. The summed E-state index contributed by atoms with van der Waals surface area (Å²) in [4.78, 5) is 50.9. The summed E-state index contributed by atoms with van der Waals surface area (Å²) in [7, 11) is 0. The monoisotopic (exact) mass is 572 g/mol. The van der Waals surface area contributed by atoms with Crippen LogP contribution in [-0.2, 0) is 0 Å². The van der Waals surface area contributed by atoms with Gasteiger partial charge >= 0.3 is 0 Å². The first kappa shape index (κ1) is 27.4. The quantitative estimate of drug-likeness (QED) is 0.192. The molecule has 0 bridgehead atoms. The highest BCUT2D eigenvalue weighted by Gasteiger charge is 2.52. The average Bonchev–Trinajstić information content (AvgIpc) is 3.76. The minimum Gasteiger partial charge on any atom is -0.342 e. The van der Waals surface area contributed by atoms with Crippen LogP contribution in [0.25, 0.3) is 0 Å². The van der Waals surface area contributed by atoms with Crippen molar-refractivity contribution in [1.29, 1.82) is 0 Å². The van der Waals surface area contributed by atoms with Crippen LogP contribution in [0, 0.1) is 5.92 Å². The lowest BCUT2D eigenvalue weighted by Crippen LogP contribution is -2.37. The van der Waals surface area contributed by atoms with Crippen LogP contribution in [0.4, 0.5) is 17.1 Å². The smallest absolute Gasteiger partial charge is 0.255 e. The second-order valence-corrected chi connectivity index (χ2v) is 10.5. The van der Waals surface area contributed by atoms with E-state index in [1.807, 2.05) is 36.4 Å². The third kappa shape index (κ3) is 6.28. The van der Waals surface area contributed by atoms with Crippen molar-refractivity contribution in [2.75, 3.05) is 16.0 Å². The van der Waals surface area contributed by atoms with Gasteiger partial charge in [-0.2, -0.15) is 0 Å². The van der Waals surface area contributed by atoms with Gasteiger partial charge in [0.1, 0.15) is 0 Å². The van der Waals surface area contributed by atoms with Crippen LogP contribution in [0.2, 0.25) is 0 Å². The zero-order valence-corrected chi connectivity index (χ0v) is 23.0. The Hall–Kier alpha value is -5.76. The van der Waals surface area contributed by atoms with E-state index in [0.717, 1.165) is 6.42 Å². The van der Waals surface area contributed by atoms with E-state index in [1.165, 1.54) is 0 Å². The highest BCUT2D eigenvalue weighted by Crippen LogP contribution is 2.47. The van der Waals surface area contributed by atoms with Crippen molar-refractivity contribution >= 4 is 40.7 Å². The Kier molecular flexibility index (Phi) is 7.41. The van der Waals surface area contributed by atoms with E-state index in [9.17, 15) is 19.2 Å². The number of nitrogens with one attached hydrogen (secondary N) is 4. The summed E-state index contributed by atoms with van der Waals surface area (Å²) in [5.41, 5.74) is 3.06. The molecule has 2 aliphatic carbocycles. The molecule has 0 saturated heterocycles. The van der Waals surface area contributed by atoms with Crippen LogP contribution in [0.3, 0.4) is 0 Å². The first-order chi connectivity index (χ1) is 20.9. The predicted octanol–water partition coefficient (Wildman–Crippen LogP) is 6.55. The number of carbonyl (C=O) groups excluding carboxylic acids is 4. The molecule has 4 N–H and O–H groups in total. The number of para-hydroxylation sites is 1. The minimum atomic E-state index is -0.357. The van der Waals surface area contributed by atoms with Gasteiger partial charge in [-0.3, -0.25) is 19.2 Å². The van der Waals surface area contributed by atoms with E-state index >= 15 is 0 Å². The van der Waals surface area contributed by atoms with Crippen molar-refractivity contribution in [2.45, 2.75) is 12.0 Å². The van der Waals surface area contributed by atoms with E-state index < -0.39 is 0 Å². The molecule has 8 nitrogen and oxygen atoms in total. The van der Waals surface area contributed by atoms with Gasteiger partial charge in [-0.25, -0.2) is 0 Å². The molecule has 4 aromatic rings. The molecule has 0 aliphatic heterocycles. The number of rotatable bonds is 8. The Morgan fingerprint density at radius 1 is 0.558 bits per heavy atom. The molecule has 8 heteroatoms. The SMILES string of the molecule is O=C(Nc1ccccc1)c1ccc(C(=O)Nc2cccc(NC(=O)c3ccc(C(=O)NC45C=CC=CC4C5)cc3)c2)cc1.[HH].[HH]. The minimum absolute atomic E-state index is 0. The molecule has 2 unspecified atom stereocenters. The Bertz CT molecular complexity index is 1770. The van der Waals surface area contributed by atoms with E-state index in [1.54, 1.807) is 84.9 Å². The Balaban J connectivity index is 0.00000230. The van der Waals surface area contributed by atoms with Gasteiger partial charge < -0.3 is 21.3 Å². The molecule has 216 valence electrons. The zero-order chi connectivity index (χ0) is 29.8. The fourth-order valence-corrected chi connectivity index (χ4v) is 4.98. The molecule has 4 amide bonds. The van der Waals surface area contributed by atoms with Crippen molar-refractivity contribution in [2.24, 2.45) is 5.92 Å². The second kappa shape index (κ2) is 11.6. The van der Waals surface area contributed by atoms with Gasteiger partial charge in [-0.15, -0.1) is 0 Å². The fraction of sp³-hybridized carbons (Fsp3) is 0.0857. The van der Waals surface area contributed by atoms with Crippen molar-refractivity contribution in [1.82, 2.24) is 5.32 Å². The van der Waals surface area contributed by atoms with E-state index in [2.05, 4.69) is 27.3 Å². The van der Waals surface area contributed by atoms with Crippen LogP contribution < -0.4 is 21.3 Å². The molecule has 1 fully saturated rings. The molecule has 0 heterocycles. The third-order valence-corrected chi connectivity index (χ3v) is 7.48. The fourth-order valence-electron chi connectivity index (χ4n) is 4.98. The zero-order valence-electron chi connectivity index (χ0n) is 23.0. The van der Waals surface area contributed by atoms with Crippen molar-refractivity contribution < 1.29 is 22.0 Å². The van der Waals surface area contributed by atoms with Gasteiger partial charge in [0.2, 0.25) is 0 Å². The molecule has 43 heavy (non-hydrogen) atoms. The van der Waals surface area contributed by atoms with Crippen LogP contribution in [0.15, 0.2) is 127 Å². The highest BCUT2D eigenvalue weighted by molar-refractivity contribution is 6.08. The molecule has 4 aromatic carbocycles. The molecular formula is C35H32N4O4. The Labute approximate surface area is 251 Å². The Morgan fingerprint density at radius 3 is 1.53 bits per heavy atom. The first-order valence-corrected chi connectivity index (χ1v) is 13.9. The molecule has 0 radical (unpaired) electrons. The highest BCUT2D eigenvalue weighted by atomic mass is 16.2. The average molecular weight is 573 g/mol. The molecular weight excluding hydrogens is 540 g/mol. The van der Waals surface area contributed by atoms with Gasteiger partial charge in [0.25, 0.3) is 23.6 Å². The second-order valence-electron chi connectivity index (χ2n) is 10.5. The standard InChI is InChI=1S/C35H28N4O4.2H2/c40-31(36-28-8-2-1-3-9-28)23-12-14-24(15-13-23)32(41)37-29-10-6-11-30(21-29)38-33(42)25-16-18-26(19-17-25)34(43)39-35-20-5-4-7-27(35)22-35;;/h1-21,27H,22H2,(H,36,40)(H,37,41)(H,38,42)(H,39,43);2*1H. The van der Waals surface area contributed by atoms with Crippen LogP contribution in [0.5, 0.6) is 0 Å². The maximum atomic E-state index is 12.9. The van der Waals surface area contributed by atoms with Gasteiger partial charge in [0.05, 0.1) is 5.54 Å². The topological polar surface area (TPSA) is 116 Å². The molecule has 0 spiro atoms.